The summed E-state index contributed by atoms with van der Waals surface area (Å²) in [7, 11) is 0. The fraction of sp³-hybridized carbons (Fsp3) is 0.286. The van der Waals surface area contributed by atoms with Gasteiger partial charge in [0.2, 0.25) is 0 Å². The van der Waals surface area contributed by atoms with Gasteiger partial charge in [-0.2, -0.15) is 0 Å². The summed E-state index contributed by atoms with van der Waals surface area (Å²) >= 11 is 1.26. The highest BCUT2D eigenvalue weighted by Gasteiger charge is 2.21. The summed E-state index contributed by atoms with van der Waals surface area (Å²) in [6.07, 6.45) is 9.40. The number of rotatable bonds is 4. The molecule has 7 heteroatoms. The van der Waals surface area contributed by atoms with E-state index in [0.717, 1.165) is 6.42 Å². The van der Waals surface area contributed by atoms with E-state index < -0.39 is 0 Å². The average Bonchev–Trinajstić information content (AvgIpc) is 3.17. The van der Waals surface area contributed by atoms with E-state index >= 15 is 0 Å². The summed E-state index contributed by atoms with van der Waals surface area (Å²) in [5.41, 5.74) is 0. The molecule has 2 aromatic rings. The van der Waals surface area contributed by atoms with E-state index in [4.69, 9.17) is 5.11 Å². The number of nitrogens with zero attached hydrogens (tertiary/aromatic N) is 3. The number of aliphatic hydroxyl groups is 1. The van der Waals surface area contributed by atoms with Crippen LogP contribution in [-0.4, -0.2) is 38.6 Å². The second-order valence-corrected chi connectivity index (χ2v) is 5.78. The number of thiazole rings is 1. The quantitative estimate of drug-likeness (QED) is 0.830. The first-order chi connectivity index (χ1) is 10.3. The van der Waals surface area contributed by atoms with Crippen molar-refractivity contribution in [3.8, 4) is 10.8 Å². The van der Waals surface area contributed by atoms with Crippen LogP contribution in [0.5, 0.6) is 0 Å². The Morgan fingerprint density at radius 3 is 2.86 bits per heavy atom. The lowest BCUT2D eigenvalue weighted by Gasteiger charge is -2.11. The van der Waals surface area contributed by atoms with Crippen LogP contribution in [0.2, 0.25) is 0 Å². The van der Waals surface area contributed by atoms with E-state index in [1.807, 2.05) is 12.2 Å². The van der Waals surface area contributed by atoms with Crippen LogP contribution in [0.1, 0.15) is 16.1 Å². The van der Waals surface area contributed by atoms with Crippen LogP contribution in [0.3, 0.4) is 0 Å². The molecule has 21 heavy (non-hydrogen) atoms. The molecule has 0 fully saturated rings. The summed E-state index contributed by atoms with van der Waals surface area (Å²) in [5, 5.41) is 12.6. The van der Waals surface area contributed by atoms with Gasteiger partial charge >= 0.3 is 0 Å². The van der Waals surface area contributed by atoms with Gasteiger partial charge in [0.05, 0.1) is 6.20 Å². The highest BCUT2D eigenvalue weighted by molar-refractivity contribution is 7.16. The van der Waals surface area contributed by atoms with Gasteiger partial charge in [-0.05, 0) is 12.5 Å². The van der Waals surface area contributed by atoms with Gasteiger partial charge in [-0.1, -0.05) is 12.2 Å². The lowest BCUT2D eigenvalue weighted by atomic mass is 10.1. The molecular formula is C14H14N4O2S. The Balaban J connectivity index is 1.66. The molecule has 0 radical (unpaired) electrons. The zero-order chi connectivity index (χ0) is 14.7. The second-order valence-electron chi connectivity index (χ2n) is 4.75. The summed E-state index contributed by atoms with van der Waals surface area (Å²) in [6.45, 7) is 0.110. The number of hydrogen-bond donors (Lipinski definition) is 2. The molecule has 2 aromatic heterocycles. The van der Waals surface area contributed by atoms with Crippen LogP contribution >= 0.6 is 11.3 Å². The van der Waals surface area contributed by atoms with Crippen LogP contribution in [0.4, 0.5) is 0 Å². The van der Waals surface area contributed by atoms with E-state index in [1.54, 1.807) is 18.5 Å². The summed E-state index contributed by atoms with van der Waals surface area (Å²) in [4.78, 5) is 25.1. The summed E-state index contributed by atoms with van der Waals surface area (Å²) in [5.74, 6) is 0.482. The SMILES string of the molecule is O=C(N[C@@H]1C=C[C@H](CO)C1)c1cnc(-c2ncccn2)s1. The molecule has 1 aliphatic carbocycles. The van der Waals surface area contributed by atoms with Crippen molar-refractivity contribution in [2.75, 3.05) is 6.61 Å². The van der Waals surface area contributed by atoms with Crippen LogP contribution in [-0.2, 0) is 0 Å². The van der Waals surface area contributed by atoms with Crippen molar-refractivity contribution in [1.82, 2.24) is 20.3 Å². The predicted octanol–water partition coefficient (Wildman–Crippen LogP) is 1.27. The van der Waals surface area contributed by atoms with Crippen LogP contribution in [0.15, 0.2) is 36.8 Å². The van der Waals surface area contributed by atoms with E-state index in [9.17, 15) is 4.79 Å². The zero-order valence-electron chi connectivity index (χ0n) is 11.1. The molecule has 0 saturated heterocycles. The van der Waals surface area contributed by atoms with Gasteiger partial charge in [0, 0.05) is 31.0 Å². The zero-order valence-corrected chi connectivity index (χ0v) is 12.0. The van der Waals surface area contributed by atoms with Gasteiger partial charge in [0.25, 0.3) is 5.91 Å². The van der Waals surface area contributed by atoms with Gasteiger partial charge in [0.15, 0.2) is 10.8 Å². The maximum absolute atomic E-state index is 12.2. The molecule has 6 nitrogen and oxygen atoms in total. The Labute approximate surface area is 125 Å². The smallest absolute Gasteiger partial charge is 0.263 e. The Morgan fingerprint density at radius 2 is 2.14 bits per heavy atom. The topological polar surface area (TPSA) is 88.0 Å². The number of aromatic nitrogens is 3. The van der Waals surface area contributed by atoms with Crippen molar-refractivity contribution < 1.29 is 9.90 Å². The Kier molecular flexibility index (Phi) is 4.03. The van der Waals surface area contributed by atoms with Crippen molar-refractivity contribution in [2.24, 2.45) is 5.92 Å². The fourth-order valence-corrected chi connectivity index (χ4v) is 2.92. The minimum absolute atomic E-state index is 0.0341. The minimum Gasteiger partial charge on any atom is -0.396 e. The van der Waals surface area contributed by atoms with Crippen molar-refractivity contribution in [3.05, 3.63) is 41.7 Å². The Bertz CT molecular complexity index is 656. The van der Waals surface area contributed by atoms with E-state index in [0.29, 0.717) is 15.7 Å². The van der Waals surface area contributed by atoms with E-state index in [1.165, 1.54) is 17.5 Å². The molecule has 2 atom stereocenters. The number of aliphatic hydroxyl groups excluding tert-OH is 1. The maximum atomic E-state index is 12.2. The third kappa shape index (κ3) is 3.14. The number of nitrogens with one attached hydrogen (secondary N) is 1. The largest absolute Gasteiger partial charge is 0.396 e. The standard InChI is InChI=1S/C14H14N4O2S/c19-8-9-2-3-10(6-9)18-13(20)11-7-17-14(21-11)12-15-4-1-5-16-12/h1-5,7,9-10,19H,6,8H2,(H,18,20)/t9-,10+/m0/s1. The third-order valence-corrected chi connectivity index (χ3v) is 4.20. The predicted molar refractivity (Wildman–Crippen MR) is 78.7 cm³/mol. The Hall–Kier alpha value is -2.12. The van der Waals surface area contributed by atoms with E-state index in [2.05, 4.69) is 20.3 Å². The molecule has 1 aliphatic rings. The van der Waals surface area contributed by atoms with Crippen LogP contribution < -0.4 is 5.32 Å². The number of carbonyl (C=O) groups excluding carboxylic acids is 1. The first kappa shape index (κ1) is 13.8. The minimum atomic E-state index is -0.164. The molecule has 2 heterocycles. The highest BCUT2D eigenvalue weighted by atomic mass is 32.1. The molecule has 0 aromatic carbocycles. The van der Waals surface area contributed by atoms with Crippen molar-refractivity contribution >= 4 is 17.2 Å². The van der Waals surface area contributed by atoms with Crippen molar-refractivity contribution in [3.63, 3.8) is 0 Å². The molecule has 0 unspecified atom stereocenters. The fourth-order valence-electron chi connectivity index (χ4n) is 2.15. The summed E-state index contributed by atoms with van der Waals surface area (Å²) in [6, 6.07) is 1.70. The van der Waals surface area contributed by atoms with Gasteiger partial charge in [-0.3, -0.25) is 4.79 Å². The molecule has 0 saturated carbocycles. The van der Waals surface area contributed by atoms with Gasteiger partial charge in [0.1, 0.15) is 4.88 Å². The van der Waals surface area contributed by atoms with Gasteiger partial charge in [-0.15, -0.1) is 11.3 Å². The number of hydrogen-bond acceptors (Lipinski definition) is 6. The first-order valence-corrected chi connectivity index (χ1v) is 7.41. The van der Waals surface area contributed by atoms with Crippen molar-refractivity contribution in [1.29, 1.82) is 0 Å². The molecule has 2 N–H and O–H groups in total. The molecule has 1 amide bonds. The monoisotopic (exact) mass is 302 g/mol. The molecule has 3 rings (SSSR count). The third-order valence-electron chi connectivity index (χ3n) is 3.21. The van der Waals surface area contributed by atoms with Gasteiger partial charge in [-0.25, -0.2) is 15.0 Å². The average molecular weight is 302 g/mol. The normalized spacial score (nSPS) is 20.6. The lowest BCUT2D eigenvalue weighted by molar-refractivity contribution is 0.0945. The molecule has 0 aliphatic heterocycles. The first-order valence-electron chi connectivity index (χ1n) is 6.59. The van der Waals surface area contributed by atoms with E-state index in [-0.39, 0.29) is 24.5 Å². The molecule has 108 valence electrons. The summed E-state index contributed by atoms with van der Waals surface area (Å²) < 4.78 is 0. The number of amides is 1. The van der Waals surface area contributed by atoms with Crippen LogP contribution in [0.25, 0.3) is 10.8 Å². The second kappa shape index (κ2) is 6.11. The molecule has 0 bridgehead atoms. The molecular weight excluding hydrogens is 288 g/mol. The number of carbonyl (C=O) groups is 1. The molecule has 0 spiro atoms. The maximum Gasteiger partial charge on any atom is 0.263 e. The lowest BCUT2D eigenvalue weighted by Crippen LogP contribution is -2.32. The Morgan fingerprint density at radius 1 is 1.33 bits per heavy atom. The van der Waals surface area contributed by atoms with Crippen molar-refractivity contribution in [2.45, 2.75) is 12.5 Å². The highest BCUT2D eigenvalue weighted by Crippen LogP contribution is 2.22. The van der Waals surface area contributed by atoms with Gasteiger partial charge < -0.3 is 10.4 Å². The van der Waals surface area contributed by atoms with Crippen LogP contribution in [0, 0.1) is 5.92 Å².